The number of rotatable bonds is 5. The van der Waals surface area contributed by atoms with Crippen LogP contribution in [0, 0.1) is 6.92 Å². The second-order valence-electron chi connectivity index (χ2n) is 5.13. The minimum Gasteiger partial charge on any atom is -0.490 e. The van der Waals surface area contributed by atoms with Gasteiger partial charge in [-0.15, -0.1) is 0 Å². The van der Waals surface area contributed by atoms with Gasteiger partial charge in [0.1, 0.15) is 19.0 Å². The van der Waals surface area contributed by atoms with Crippen LogP contribution in [-0.2, 0) is 4.74 Å². The Morgan fingerprint density at radius 2 is 1.74 bits per heavy atom. The number of benzene rings is 2. The number of aryl methyl sites for hydroxylation is 1. The summed E-state index contributed by atoms with van der Waals surface area (Å²) < 4.78 is 10.8. The minimum absolute atomic E-state index is 0.198. The quantitative estimate of drug-likeness (QED) is 0.531. The molecule has 0 aliphatic carbocycles. The second-order valence-corrected chi connectivity index (χ2v) is 5.13. The van der Waals surface area contributed by atoms with E-state index in [1.807, 2.05) is 61.5 Å². The second kappa shape index (κ2) is 6.92. The maximum Gasteiger partial charge on any atom is 0.339 e. The first-order chi connectivity index (χ1) is 11.2. The van der Waals surface area contributed by atoms with Gasteiger partial charge in [0.15, 0.2) is 0 Å². The highest BCUT2D eigenvalue weighted by atomic mass is 16.6. The van der Waals surface area contributed by atoms with E-state index in [-0.39, 0.29) is 12.6 Å². The van der Waals surface area contributed by atoms with Gasteiger partial charge in [-0.1, -0.05) is 36.4 Å². The molecule has 0 atom stereocenters. The molecule has 1 heterocycles. The number of pyridine rings is 1. The number of nitrogens with zero attached hydrogens (tertiary/aromatic N) is 1. The monoisotopic (exact) mass is 307 g/mol. The first-order valence-corrected chi connectivity index (χ1v) is 7.45. The average molecular weight is 307 g/mol. The molecule has 0 saturated heterocycles. The minimum atomic E-state index is -0.358. The highest BCUT2D eigenvalue weighted by Gasteiger charge is 2.13. The lowest BCUT2D eigenvalue weighted by molar-refractivity contribution is 0.0452. The molecule has 0 unspecified atom stereocenters. The largest absolute Gasteiger partial charge is 0.490 e. The van der Waals surface area contributed by atoms with Gasteiger partial charge in [0.2, 0.25) is 0 Å². The van der Waals surface area contributed by atoms with Crippen LogP contribution in [0.4, 0.5) is 0 Å². The number of carbonyl (C=O) groups is 1. The van der Waals surface area contributed by atoms with Crippen molar-refractivity contribution in [2.45, 2.75) is 6.92 Å². The smallest absolute Gasteiger partial charge is 0.339 e. The summed E-state index contributed by atoms with van der Waals surface area (Å²) in [5.41, 5.74) is 2.11. The molecule has 0 fully saturated rings. The maximum absolute atomic E-state index is 12.3. The number of aromatic nitrogens is 1. The van der Waals surface area contributed by atoms with Crippen LogP contribution in [0.5, 0.6) is 5.75 Å². The van der Waals surface area contributed by atoms with Crippen LogP contribution >= 0.6 is 0 Å². The SMILES string of the molecule is Cc1cc(C(=O)OCCOc2ccccc2)c2ccccc2n1. The molecule has 1 aromatic heterocycles. The molecule has 0 spiro atoms. The Morgan fingerprint density at radius 1 is 1.00 bits per heavy atom. The van der Waals surface area contributed by atoms with Crippen molar-refractivity contribution in [2.75, 3.05) is 13.2 Å². The van der Waals surface area contributed by atoms with Crippen LogP contribution < -0.4 is 4.74 Å². The van der Waals surface area contributed by atoms with E-state index in [0.29, 0.717) is 12.2 Å². The predicted molar refractivity (Wildman–Crippen MR) is 88.7 cm³/mol. The van der Waals surface area contributed by atoms with E-state index in [1.165, 1.54) is 0 Å². The highest BCUT2D eigenvalue weighted by Crippen LogP contribution is 2.19. The molecule has 23 heavy (non-hydrogen) atoms. The molecule has 4 nitrogen and oxygen atoms in total. The number of fused-ring (bicyclic) bond motifs is 1. The molecule has 0 amide bonds. The molecule has 0 saturated carbocycles. The van der Waals surface area contributed by atoms with E-state index in [0.717, 1.165) is 22.3 Å². The number of carbonyl (C=O) groups excluding carboxylic acids is 1. The summed E-state index contributed by atoms with van der Waals surface area (Å²) in [6.07, 6.45) is 0. The van der Waals surface area contributed by atoms with Crippen LogP contribution in [0.25, 0.3) is 10.9 Å². The number of esters is 1. The van der Waals surface area contributed by atoms with Crippen molar-refractivity contribution in [1.29, 1.82) is 0 Å². The van der Waals surface area contributed by atoms with Gasteiger partial charge in [-0.2, -0.15) is 0 Å². The molecule has 0 radical (unpaired) electrons. The van der Waals surface area contributed by atoms with Gasteiger partial charge in [-0.25, -0.2) is 4.79 Å². The first-order valence-electron chi connectivity index (χ1n) is 7.45. The van der Waals surface area contributed by atoms with Gasteiger partial charge in [-0.3, -0.25) is 4.98 Å². The molecule has 0 aliphatic rings. The van der Waals surface area contributed by atoms with Gasteiger partial charge in [0, 0.05) is 11.1 Å². The van der Waals surface area contributed by atoms with Crippen LogP contribution in [0.15, 0.2) is 60.7 Å². The lowest BCUT2D eigenvalue weighted by atomic mass is 10.1. The normalized spacial score (nSPS) is 10.5. The lowest BCUT2D eigenvalue weighted by Gasteiger charge is -2.09. The van der Waals surface area contributed by atoms with E-state index < -0.39 is 0 Å². The summed E-state index contributed by atoms with van der Waals surface area (Å²) in [6, 6.07) is 18.7. The Labute approximate surface area is 134 Å². The van der Waals surface area contributed by atoms with Crippen molar-refractivity contribution in [3.05, 3.63) is 71.9 Å². The summed E-state index contributed by atoms with van der Waals surface area (Å²) in [6.45, 7) is 2.38. The Bertz CT molecular complexity index is 815. The summed E-state index contributed by atoms with van der Waals surface area (Å²) in [5.74, 6) is 0.400. The average Bonchev–Trinajstić information content (AvgIpc) is 2.58. The van der Waals surface area contributed by atoms with Crippen LogP contribution in [0.2, 0.25) is 0 Å². The van der Waals surface area contributed by atoms with Crippen LogP contribution in [-0.4, -0.2) is 24.2 Å². The molecule has 0 bridgehead atoms. The van der Waals surface area contributed by atoms with Gasteiger partial charge < -0.3 is 9.47 Å². The van der Waals surface area contributed by atoms with Crippen molar-refractivity contribution in [3.63, 3.8) is 0 Å². The fourth-order valence-electron chi connectivity index (χ4n) is 2.37. The molecule has 116 valence electrons. The molecule has 3 aromatic rings. The molecule has 2 aromatic carbocycles. The number of hydrogen-bond donors (Lipinski definition) is 0. The van der Waals surface area contributed by atoms with Gasteiger partial charge in [0.05, 0.1) is 11.1 Å². The van der Waals surface area contributed by atoms with Gasteiger partial charge in [-0.05, 0) is 31.2 Å². The first kappa shape index (κ1) is 15.0. The molecular formula is C19H17NO3. The third kappa shape index (κ3) is 3.66. The van der Waals surface area contributed by atoms with Crippen molar-refractivity contribution in [3.8, 4) is 5.75 Å². The van der Waals surface area contributed by atoms with Crippen LogP contribution in [0.1, 0.15) is 16.1 Å². The Hall–Kier alpha value is -2.88. The number of para-hydroxylation sites is 2. The van der Waals surface area contributed by atoms with Crippen molar-refractivity contribution in [2.24, 2.45) is 0 Å². The zero-order valence-electron chi connectivity index (χ0n) is 12.9. The number of ether oxygens (including phenoxy) is 2. The lowest BCUT2D eigenvalue weighted by Crippen LogP contribution is -2.13. The molecule has 3 rings (SSSR count). The summed E-state index contributed by atoms with van der Waals surface area (Å²) in [4.78, 5) is 16.7. The Morgan fingerprint density at radius 3 is 2.57 bits per heavy atom. The van der Waals surface area contributed by atoms with Crippen molar-refractivity contribution >= 4 is 16.9 Å². The fourth-order valence-corrected chi connectivity index (χ4v) is 2.37. The van der Waals surface area contributed by atoms with Gasteiger partial charge >= 0.3 is 5.97 Å². The topological polar surface area (TPSA) is 48.4 Å². The van der Waals surface area contributed by atoms with Crippen molar-refractivity contribution in [1.82, 2.24) is 4.98 Å². The Balaban J connectivity index is 1.64. The molecule has 0 N–H and O–H groups in total. The zero-order chi connectivity index (χ0) is 16.1. The van der Waals surface area contributed by atoms with E-state index in [1.54, 1.807) is 6.07 Å². The van der Waals surface area contributed by atoms with Crippen molar-refractivity contribution < 1.29 is 14.3 Å². The van der Waals surface area contributed by atoms with Crippen LogP contribution in [0.3, 0.4) is 0 Å². The zero-order valence-corrected chi connectivity index (χ0v) is 12.9. The third-order valence-electron chi connectivity index (χ3n) is 3.39. The van der Waals surface area contributed by atoms with Gasteiger partial charge in [0.25, 0.3) is 0 Å². The van der Waals surface area contributed by atoms with E-state index in [4.69, 9.17) is 9.47 Å². The van der Waals surface area contributed by atoms with E-state index in [2.05, 4.69) is 4.98 Å². The predicted octanol–water partition coefficient (Wildman–Crippen LogP) is 3.78. The third-order valence-corrected chi connectivity index (χ3v) is 3.39. The molecule has 0 aliphatic heterocycles. The summed E-state index contributed by atoms with van der Waals surface area (Å²) in [7, 11) is 0. The fraction of sp³-hybridized carbons (Fsp3) is 0.158. The number of hydrogen-bond acceptors (Lipinski definition) is 4. The highest BCUT2D eigenvalue weighted by molar-refractivity contribution is 6.03. The molecular weight excluding hydrogens is 290 g/mol. The maximum atomic E-state index is 12.3. The summed E-state index contributed by atoms with van der Waals surface area (Å²) in [5, 5.41) is 0.798. The standard InChI is InChI=1S/C19H17NO3/c1-14-13-17(16-9-5-6-10-18(16)20-14)19(21)23-12-11-22-15-7-3-2-4-8-15/h2-10,13H,11-12H2,1H3. The molecule has 4 heteroatoms. The Kier molecular flexibility index (Phi) is 4.52. The van der Waals surface area contributed by atoms with E-state index >= 15 is 0 Å². The summed E-state index contributed by atoms with van der Waals surface area (Å²) >= 11 is 0. The van der Waals surface area contributed by atoms with E-state index in [9.17, 15) is 4.79 Å².